The number of nitrogens with one attached hydrogen (secondary N) is 1. The maximum absolute atomic E-state index is 11.8. The largest absolute Gasteiger partial charge is 0.440 e. The Morgan fingerprint density at radius 1 is 1.26 bits per heavy atom. The molecule has 0 saturated carbocycles. The fourth-order valence-electron chi connectivity index (χ4n) is 1.76. The van der Waals surface area contributed by atoms with Gasteiger partial charge in [-0.1, -0.05) is 26.0 Å². The molecule has 0 fully saturated rings. The van der Waals surface area contributed by atoms with Gasteiger partial charge in [0.15, 0.2) is 11.0 Å². The Balaban J connectivity index is 2.05. The second kappa shape index (κ2) is 5.93. The summed E-state index contributed by atoms with van der Waals surface area (Å²) >= 11 is 5.63. The molecule has 1 unspecified atom stereocenters. The Bertz CT molecular complexity index is 560. The van der Waals surface area contributed by atoms with Crippen LogP contribution < -0.4 is 5.32 Å². The van der Waals surface area contributed by atoms with E-state index in [1.165, 1.54) is 5.56 Å². The van der Waals surface area contributed by atoms with Crippen molar-refractivity contribution < 1.29 is 9.21 Å². The molecule has 4 heteroatoms. The van der Waals surface area contributed by atoms with E-state index in [9.17, 15) is 4.79 Å². The normalized spacial score (nSPS) is 12.2. The van der Waals surface area contributed by atoms with Crippen molar-refractivity contribution in [2.45, 2.75) is 26.2 Å². The average Bonchev–Trinajstić information content (AvgIpc) is 2.85. The van der Waals surface area contributed by atoms with Crippen LogP contribution in [-0.4, -0.2) is 5.91 Å². The first-order valence-electron chi connectivity index (χ1n) is 6.26. The lowest BCUT2D eigenvalue weighted by molar-refractivity contribution is 0.0997. The number of carbonyl (C=O) groups is 1. The molecule has 0 spiro atoms. The summed E-state index contributed by atoms with van der Waals surface area (Å²) in [4.78, 5) is 11.8. The first kappa shape index (κ1) is 13.7. The molecule has 1 N–H and O–H groups in total. The summed E-state index contributed by atoms with van der Waals surface area (Å²) in [5, 5.41) is 2.97. The van der Waals surface area contributed by atoms with Crippen molar-refractivity contribution in [3.63, 3.8) is 0 Å². The highest BCUT2D eigenvalue weighted by Gasteiger charge is 2.11. The predicted molar refractivity (Wildman–Crippen MR) is 76.8 cm³/mol. The minimum absolute atomic E-state index is 0.205. The van der Waals surface area contributed by atoms with Crippen molar-refractivity contribution in [2.24, 2.45) is 0 Å². The number of hydrogen-bond donors (Lipinski definition) is 1. The van der Waals surface area contributed by atoms with Gasteiger partial charge in [-0.2, -0.15) is 0 Å². The van der Waals surface area contributed by atoms with Crippen LogP contribution in [-0.2, 0) is 0 Å². The van der Waals surface area contributed by atoms with E-state index in [2.05, 4.69) is 19.2 Å². The number of amides is 1. The van der Waals surface area contributed by atoms with Crippen molar-refractivity contribution in [1.29, 1.82) is 0 Å². The molecular formula is C15H16ClNO2. The number of rotatable bonds is 4. The van der Waals surface area contributed by atoms with Gasteiger partial charge >= 0.3 is 0 Å². The average molecular weight is 278 g/mol. The van der Waals surface area contributed by atoms with Crippen molar-refractivity contribution in [3.05, 3.63) is 52.9 Å². The van der Waals surface area contributed by atoms with Gasteiger partial charge in [0.25, 0.3) is 5.91 Å². The zero-order valence-corrected chi connectivity index (χ0v) is 11.7. The van der Waals surface area contributed by atoms with Gasteiger partial charge in [0.2, 0.25) is 0 Å². The van der Waals surface area contributed by atoms with Crippen molar-refractivity contribution in [3.8, 4) is 0 Å². The summed E-state index contributed by atoms with van der Waals surface area (Å²) in [6.07, 6.45) is 1.09. The summed E-state index contributed by atoms with van der Waals surface area (Å²) in [5.41, 5.74) is 2.01. The number of anilines is 1. The fraction of sp³-hybridized carbons (Fsp3) is 0.267. The number of halogens is 1. The molecule has 1 atom stereocenters. The molecule has 1 heterocycles. The zero-order valence-electron chi connectivity index (χ0n) is 10.9. The van der Waals surface area contributed by atoms with E-state index < -0.39 is 0 Å². The SMILES string of the molecule is CCC(C)c1ccc(NC(=O)c2ccc(Cl)o2)cc1. The molecule has 1 aromatic carbocycles. The quantitative estimate of drug-likeness (QED) is 0.880. The zero-order chi connectivity index (χ0) is 13.8. The van der Waals surface area contributed by atoms with Gasteiger partial charge in [0.05, 0.1) is 0 Å². The Labute approximate surface area is 117 Å². The van der Waals surface area contributed by atoms with Gasteiger partial charge in [-0.05, 0) is 53.8 Å². The van der Waals surface area contributed by atoms with E-state index in [1.54, 1.807) is 12.1 Å². The number of hydrogen-bond acceptors (Lipinski definition) is 2. The maximum atomic E-state index is 11.8. The van der Waals surface area contributed by atoms with Crippen molar-refractivity contribution >= 4 is 23.2 Å². The van der Waals surface area contributed by atoms with Gasteiger partial charge < -0.3 is 9.73 Å². The molecule has 2 rings (SSSR count). The van der Waals surface area contributed by atoms with Crippen LogP contribution in [0.1, 0.15) is 42.3 Å². The van der Waals surface area contributed by atoms with Crippen LogP contribution in [0, 0.1) is 0 Å². The first-order valence-corrected chi connectivity index (χ1v) is 6.64. The van der Waals surface area contributed by atoms with E-state index in [1.807, 2.05) is 24.3 Å². The summed E-state index contributed by atoms with van der Waals surface area (Å²) < 4.78 is 5.05. The highest BCUT2D eigenvalue weighted by Crippen LogP contribution is 2.21. The molecule has 19 heavy (non-hydrogen) atoms. The lowest BCUT2D eigenvalue weighted by atomic mass is 9.99. The van der Waals surface area contributed by atoms with Gasteiger partial charge in [-0.3, -0.25) is 4.79 Å². The molecule has 3 nitrogen and oxygen atoms in total. The second-order valence-electron chi connectivity index (χ2n) is 4.49. The highest BCUT2D eigenvalue weighted by atomic mass is 35.5. The summed E-state index contributed by atoms with van der Waals surface area (Å²) in [7, 11) is 0. The molecule has 100 valence electrons. The maximum Gasteiger partial charge on any atom is 0.291 e. The third-order valence-corrected chi connectivity index (χ3v) is 3.35. The van der Waals surface area contributed by atoms with Gasteiger partial charge in [-0.25, -0.2) is 0 Å². The Hall–Kier alpha value is -1.74. The molecule has 0 aliphatic heterocycles. The standard InChI is InChI=1S/C15H16ClNO2/c1-3-10(2)11-4-6-12(7-5-11)17-15(18)13-8-9-14(16)19-13/h4-10H,3H2,1-2H3,(H,17,18). The number of benzene rings is 1. The van der Waals surface area contributed by atoms with E-state index in [4.69, 9.17) is 16.0 Å². The fourth-order valence-corrected chi connectivity index (χ4v) is 1.91. The summed E-state index contributed by atoms with van der Waals surface area (Å²) in [5.74, 6) is 0.424. The van der Waals surface area contributed by atoms with Crippen LogP contribution in [0.5, 0.6) is 0 Å². The van der Waals surface area contributed by atoms with Crippen LogP contribution in [0.15, 0.2) is 40.8 Å². The summed E-state index contributed by atoms with van der Waals surface area (Å²) in [6.45, 7) is 4.33. The van der Waals surface area contributed by atoms with Gasteiger partial charge in [0.1, 0.15) is 0 Å². The van der Waals surface area contributed by atoms with E-state index in [0.29, 0.717) is 5.92 Å². The lowest BCUT2D eigenvalue weighted by Gasteiger charge is -2.10. The van der Waals surface area contributed by atoms with Crippen LogP contribution in [0.2, 0.25) is 5.22 Å². The van der Waals surface area contributed by atoms with Gasteiger partial charge in [0, 0.05) is 5.69 Å². The van der Waals surface area contributed by atoms with Crippen LogP contribution >= 0.6 is 11.6 Å². The number of carbonyl (C=O) groups excluding carboxylic acids is 1. The van der Waals surface area contributed by atoms with Crippen molar-refractivity contribution in [2.75, 3.05) is 5.32 Å². The van der Waals surface area contributed by atoms with Gasteiger partial charge in [-0.15, -0.1) is 0 Å². The molecule has 1 aromatic heterocycles. The third-order valence-electron chi connectivity index (χ3n) is 3.15. The molecule has 0 saturated heterocycles. The van der Waals surface area contributed by atoms with Crippen LogP contribution in [0.4, 0.5) is 5.69 Å². The first-order chi connectivity index (χ1) is 9.10. The molecule has 0 aliphatic carbocycles. The molecule has 0 radical (unpaired) electrons. The highest BCUT2D eigenvalue weighted by molar-refractivity contribution is 6.29. The Kier molecular flexibility index (Phi) is 4.27. The molecule has 1 amide bonds. The van der Waals surface area contributed by atoms with Crippen molar-refractivity contribution in [1.82, 2.24) is 0 Å². The summed E-state index contributed by atoms with van der Waals surface area (Å²) in [6, 6.07) is 10.9. The molecule has 0 aliphatic rings. The number of furan rings is 1. The smallest absolute Gasteiger partial charge is 0.291 e. The predicted octanol–water partition coefficient (Wildman–Crippen LogP) is 4.70. The molecule has 2 aromatic rings. The van der Waals surface area contributed by atoms with E-state index >= 15 is 0 Å². The second-order valence-corrected chi connectivity index (χ2v) is 4.86. The third kappa shape index (κ3) is 3.38. The Morgan fingerprint density at radius 3 is 2.47 bits per heavy atom. The Morgan fingerprint density at radius 2 is 1.95 bits per heavy atom. The van der Waals surface area contributed by atoms with E-state index in [0.717, 1.165) is 12.1 Å². The van der Waals surface area contributed by atoms with E-state index in [-0.39, 0.29) is 16.9 Å². The molecular weight excluding hydrogens is 262 g/mol. The lowest BCUT2D eigenvalue weighted by Crippen LogP contribution is -2.10. The van der Waals surface area contributed by atoms with Crippen LogP contribution in [0.3, 0.4) is 0 Å². The minimum Gasteiger partial charge on any atom is -0.440 e. The monoisotopic (exact) mass is 277 g/mol. The van der Waals surface area contributed by atoms with Crippen LogP contribution in [0.25, 0.3) is 0 Å². The topological polar surface area (TPSA) is 42.2 Å². The minimum atomic E-state index is -0.303. The molecule has 0 bridgehead atoms.